The van der Waals surface area contributed by atoms with Gasteiger partial charge in [0.15, 0.2) is 0 Å². The summed E-state index contributed by atoms with van der Waals surface area (Å²) in [5.41, 5.74) is 3.64. The van der Waals surface area contributed by atoms with Crippen molar-refractivity contribution in [1.29, 1.82) is 0 Å². The maximum Gasteiger partial charge on any atom is 0.232 e. The number of nitrogens with one attached hydrogen (secondary N) is 2. The van der Waals surface area contributed by atoms with Crippen molar-refractivity contribution in [3.05, 3.63) is 60.7 Å². The summed E-state index contributed by atoms with van der Waals surface area (Å²) < 4.78 is 19.9. The van der Waals surface area contributed by atoms with Gasteiger partial charge >= 0.3 is 0 Å². The van der Waals surface area contributed by atoms with E-state index >= 15 is 0 Å². The van der Waals surface area contributed by atoms with Crippen molar-refractivity contribution in [2.24, 2.45) is 11.8 Å². The number of carbonyl (C=O) groups excluding carboxylic acids is 1. The van der Waals surface area contributed by atoms with E-state index in [2.05, 4.69) is 34.4 Å². The molecule has 2 N–H and O–H groups in total. The zero-order valence-electron chi connectivity index (χ0n) is 19.3. The Bertz CT molecular complexity index is 1310. The Morgan fingerprint density at radius 2 is 1.76 bits per heavy atom. The molecule has 1 aliphatic carbocycles. The number of anilines is 2. The number of hydrogen-bond acceptors (Lipinski definition) is 5. The van der Waals surface area contributed by atoms with Crippen LogP contribution >= 0.6 is 0 Å². The minimum atomic E-state index is -0.306. The van der Waals surface area contributed by atoms with Gasteiger partial charge in [-0.1, -0.05) is 32.4 Å². The lowest BCUT2D eigenvalue weighted by atomic mass is 9.85. The number of benzene rings is 2. The molecular weight excluding hydrogens is 431 g/mol. The predicted octanol–water partition coefficient (Wildman–Crippen LogP) is 6.50. The van der Waals surface area contributed by atoms with Crippen LogP contribution in [-0.4, -0.2) is 22.4 Å². The van der Waals surface area contributed by atoms with E-state index in [1.54, 1.807) is 12.1 Å². The zero-order chi connectivity index (χ0) is 23.7. The fourth-order valence-corrected chi connectivity index (χ4v) is 4.08. The molecule has 2 aromatic heterocycles. The first kappa shape index (κ1) is 22.1. The van der Waals surface area contributed by atoms with Gasteiger partial charge in [-0.2, -0.15) is 0 Å². The average Bonchev–Trinajstić information content (AvgIpc) is 3.17. The van der Waals surface area contributed by atoms with Crippen molar-refractivity contribution in [2.45, 2.75) is 33.1 Å². The highest BCUT2D eigenvalue weighted by Gasteiger charge is 2.25. The van der Waals surface area contributed by atoms with Gasteiger partial charge in [0.2, 0.25) is 11.6 Å². The third-order valence-electron chi connectivity index (χ3n) is 6.19. The topological polar surface area (TPSA) is 80.1 Å². The van der Waals surface area contributed by atoms with Crippen LogP contribution in [-0.2, 0) is 4.79 Å². The Balaban J connectivity index is 1.57. The molecule has 0 atom stereocenters. The molecule has 6 nitrogen and oxygen atoms in total. The molecule has 0 spiro atoms. The number of carbonyl (C=O) groups is 1. The van der Waals surface area contributed by atoms with Crippen LogP contribution in [0.3, 0.4) is 0 Å². The molecule has 0 unspecified atom stereocenters. The summed E-state index contributed by atoms with van der Waals surface area (Å²) in [6.07, 6.45) is 4.51. The zero-order valence-corrected chi connectivity index (χ0v) is 19.3. The number of amides is 1. The highest BCUT2D eigenvalue weighted by Crippen LogP contribution is 2.43. The van der Waals surface area contributed by atoms with Crippen molar-refractivity contribution in [3.8, 4) is 22.5 Å². The first-order valence-electron chi connectivity index (χ1n) is 11.7. The van der Waals surface area contributed by atoms with E-state index in [0.717, 1.165) is 53.6 Å². The van der Waals surface area contributed by atoms with Crippen LogP contribution in [0.5, 0.6) is 0 Å². The number of furan rings is 1. The summed E-state index contributed by atoms with van der Waals surface area (Å²) in [5, 5.41) is 7.14. The molecule has 0 bridgehead atoms. The maximum absolute atomic E-state index is 13.7. The van der Waals surface area contributed by atoms with Gasteiger partial charge in [0, 0.05) is 29.3 Å². The third kappa shape index (κ3) is 4.38. The Kier molecular flexibility index (Phi) is 6.01. The summed E-state index contributed by atoms with van der Waals surface area (Å²) in [6, 6.07) is 13.9. The van der Waals surface area contributed by atoms with Crippen LogP contribution in [0.25, 0.3) is 33.6 Å². The second-order valence-corrected chi connectivity index (χ2v) is 9.18. The molecule has 34 heavy (non-hydrogen) atoms. The standard InChI is InChI=1S/C27H27FN4O2/c1-16(2)14-29-25-23-22(17-6-10-20(28)11-7-17)24(34-27(23)31-15-30-25)18-8-12-21(13-9-18)32-26(33)19-4-3-5-19/h6-13,15-16,19H,3-5,14H2,1-2H3,(H,32,33)(H,29,30,31). The fourth-order valence-electron chi connectivity index (χ4n) is 4.08. The van der Waals surface area contributed by atoms with E-state index in [0.29, 0.717) is 23.2 Å². The second-order valence-electron chi connectivity index (χ2n) is 9.18. The minimum Gasteiger partial charge on any atom is -0.437 e. The van der Waals surface area contributed by atoms with Gasteiger partial charge in [-0.15, -0.1) is 0 Å². The molecule has 0 radical (unpaired) electrons. The second kappa shape index (κ2) is 9.25. The molecule has 1 aliphatic rings. The average molecular weight is 459 g/mol. The predicted molar refractivity (Wildman–Crippen MR) is 132 cm³/mol. The number of nitrogens with zero attached hydrogens (tertiary/aromatic N) is 2. The summed E-state index contributed by atoms with van der Waals surface area (Å²) in [4.78, 5) is 21.1. The van der Waals surface area contributed by atoms with E-state index in [-0.39, 0.29) is 17.6 Å². The highest BCUT2D eigenvalue weighted by molar-refractivity contribution is 6.06. The highest BCUT2D eigenvalue weighted by atomic mass is 19.1. The minimum absolute atomic E-state index is 0.0749. The van der Waals surface area contributed by atoms with Crippen LogP contribution in [0.4, 0.5) is 15.9 Å². The lowest BCUT2D eigenvalue weighted by Crippen LogP contribution is -2.27. The van der Waals surface area contributed by atoms with Crippen molar-refractivity contribution in [3.63, 3.8) is 0 Å². The third-order valence-corrected chi connectivity index (χ3v) is 6.19. The van der Waals surface area contributed by atoms with Crippen molar-refractivity contribution >= 4 is 28.5 Å². The molecule has 7 heteroatoms. The Morgan fingerprint density at radius 1 is 1.06 bits per heavy atom. The van der Waals surface area contributed by atoms with Crippen LogP contribution in [0, 0.1) is 17.7 Å². The lowest BCUT2D eigenvalue weighted by molar-refractivity contribution is -0.122. The van der Waals surface area contributed by atoms with Crippen LogP contribution < -0.4 is 10.6 Å². The SMILES string of the molecule is CC(C)CNc1ncnc2oc(-c3ccc(NC(=O)C4CCC4)cc3)c(-c3ccc(F)cc3)c12. The lowest BCUT2D eigenvalue weighted by Gasteiger charge is -2.24. The quantitative estimate of drug-likeness (QED) is 0.330. The molecule has 0 saturated heterocycles. The van der Waals surface area contributed by atoms with Gasteiger partial charge < -0.3 is 15.1 Å². The first-order chi connectivity index (χ1) is 16.5. The molecule has 0 aliphatic heterocycles. The molecule has 4 aromatic rings. The van der Waals surface area contributed by atoms with E-state index in [1.165, 1.54) is 18.5 Å². The molecule has 1 saturated carbocycles. The van der Waals surface area contributed by atoms with Crippen LogP contribution in [0.2, 0.25) is 0 Å². The molecule has 1 amide bonds. The molecule has 174 valence electrons. The monoisotopic (exact) mass is 458 g/mol. The molecule has 2 aromatic carbocycles. The number of halogens is 1. The van der Waals surface area contributed by atoms with Gasteiger partial charge in [-0.25, -0.2) is 14.4 Å². The van der Waals surface area contributed by atoms with Gasteiger partial charge in [0.05, 0.1) is 5.39 Å². The molecular formula is C27H27FN4O2. The van der Waals surface area contributed by atoms with E-state index in [9.17, 15) is 9.18 Å². The Labute approximate surface area is 197 Å². The Morgan fingerprint density at radius 3 is 2.41 bits per heavy atom. The van der Waals surface area contributed by atoms with Crippen molar-refractivity contribution < 1.29 is 13.6 Å². The summed E-state index contributed by atoms with van der Waals surface area (Å²) in [6.45, 7) is 4.99. The summed E-state index contributed by atoms with van der Waals surface area (Å²) in [7, 11) is 0. The fraction of sp³-hybridized carbons (Fsp3) is 0.296. The van der Waals surface area contributed by atoms with Crippen LogP contribution in [0.15, 0.2) is 59.3 Å². The number of aromatic nitrogens is 2. The first-order valence-corrected chi connectivity index (χ1v) is 11.7. The molecule has 1 fully saturated rings. The maximum atomic E-state index is 13.7. The van der Waals surface area contributed by atoms with Gasteiger partial charge in [0.25, 0.3) is 0 Å². The van der Waals surface area contributed by atoms with E-state index in [1.807, 2.05) is 24.3 Å². The molecule has 5 rings (SSSR count). The van der Waals surface area contributed by atoms with Crippen molar-refractivity contribution in [2.75, 3.05) is 17.2 Å². The Hall–Kier alpha value is -3.74. The molecule has 2 heterocycles. The number of hydrogen-bond donors (Lipinski definition) is 2. The van der Waals surface area contributed by atoms with E-state index in [4.69, 9.17) is 4.42 Å². The van der Waals surface area contributed by atoms with Gasteiger partial charge in [-0.3, -0.25) is 4.79 Å². The van der Waals surface area contributed by atoms with E-state index < -0.39 is 0 Å². The number of fused-ring (bicyclic) bond motifs is 1. The van der Waals surface area contributed by atoms with Crippen LogP contribution in [0.1, 0.15) is 33.1 Å². The number of rotatable bonds is 7. The smallest absolute Gasteiger partial charge is 0.232 e. The largest absolute Gasteiger partial charge is 0.437 e. The normalized spacial score (nSPS) is 13.8. The van der Waals surface area contributed by atoms with Crippen molar-refractivity contribution in [1.82, 2.24) is 9.97 Å². The van der Waals surface area contributed by atoms with Gasteiger partial charge in [0.1, 0.15) is 23.7 Å². The summed E-state index contributed by atoms with van der Waals surface area (Å²) >= 11 is 0. The van der Waals surface area contributed by atoms with Gasteiger partial charge in [-0.05, 0) is 60.7 Å². The summed E-state index contributed by atoms with van der Waals surface area (Å²) in [5.74, 6) is 1.61.